The van der Waals surface area contributed by atoms with Crippen LogP contribution < -0.4 is 10.6 Å². The van der Waals surface area contributed by atoms with Gasteiger partial charge in [-0.3, -0.25) is 0 Å². The van der Waals surface area contributed by atoms with E-state index in [1.807, 2.05) is 0 Å². The average molecular weight is 266 g/mol. The van der Waals surface area contributed by atoms with Crippen molar-refractivity contribution in [3.05, 3.63) is 32.8 Å². The van der Waals surface area contributed by atoms with E-state index in [4.69, 9.17) is 34.8 Å². The van der Waals surface area contributed by atoms with Crippen molar-refractivity contribution in [3.8, 4) is 0 Å². The summed E-state index contributed by atoms with van der Waals surface area (Å²) in [6.07, 6.45) is 0. The molecule has 0 spiro atoms. The third-order valence-electron chi connectivity index (χ3n) is 2.17. The second-order valence-electron chi connectivity index (χ2n) is 3.20. The molecule has 0 bridgehead atoms. The third kappa shape index (κ3) is 2.14. The van der Waals surface area contributed by atoms with Crippen LogP contribution in [0.4, 0.5) is 4.79 Å². The summed E-state index contributed by atoms with van der Waals surface area (Å²) in [6.45, 7) is 0.481. The van der Waals surface area contributed by atoms with Gasteiger partial charge in [0.2, 0.25) is 0 Å². The first kappa shape index (κ1) is 10.9. The first-order valence-corrected chi connectivity index (χ1v) is 5.40. The minimum Gasteiger partial charge on any atom is -0.336 e. The Balaban J connectivity index is 2.39. The van der Waals surface area contributed by atoms with E-state index >= 15 is 0 Å². The highest BCUT2D eigenvalue weighted by molar-refractivity contribution is 6.43. The van der Waals surface area contributed by atoms with Crippen molar-refractivity contribution in [2.45, 2.75) is 6.04 Å². The zero-order valence-corrected chi connectivity index (χ0v) is 9.75. The molecule has 2 rings (SSSR count). The zero-order chi connectivity index (χ0) is 11.0. The Morgan fingerprint density at radius 2 is 2.00 bits per heavy atom. The number of halogens is 3. The minimum absolute atomic E-state index is 0.179. The van der Waals surface area contributed by atoms with Crippen LogP contribution in [0.1, 0.15) is 11.6 Å². The van der Waals surface area contributed by atoms with Gasteiger partial charge in [-0.15, -0.1) is 0 Å². The van der Waals surface area contributed by atoms with Crippen LogP contribution in [-0.2, 0) is 0 Å². The standard InChI is InChI=1S/C9H7Cl3N2O/c10-4-1-5(8(12)6(11)2-4)7-3-13-9(15)14-7/h1-2,7H,3H2,(H2,13,14,15)/t7-/m1/s1. The Labute approximate surface area is 102 Å². The molecule has 0 radical (unpaired) electrons. The van der Waals surface area contributed by atoms with Gasteiger partial charge in [0.15, 0.2) is 0 Å². The van der Waals surface area contributed by atoms with E-state index in [0.717, 1.165) is 5.56 Å². The fraction of sp³-hybridized carbons (Fsp3) is 0.222. The molecule has 1 aromatic rings. The van der Waals surface area contributed by atoms with E-state index in [1.54, 1.807) is 12.1 Å². The summed E-state index contributed by atoms with van der Waals surface area (Å²) < 4.78 is 0. The monoisotopic (exact) mass is 264 g/mol. The molecular formula is C9H7Cl3N2O. The van der Waals surface area contributed by atoms with Gasteiger partial charge in [-0.25, -0.2) is 4.79 Å². The highest BCUT2D eigenvalue weighted by Crippen LogP contribution is 2.33. The number of nitrogens with one attached hydrogen (secondary N) is 2. The normalized spacial score (nSPS) is 19.9. The molecule has 0 aromatic heterocycles. The van der Waals surface area contributed by atoms with Crippen LogP contribution in [0.3, 0.4) is 0 Å². The van der Waals surface area contributed by atoms with E-state index in [0.29, 0.717) is 21.6 Å². The lowest BCUT2D eigenvalue weighted by atomic mass is 10.1. The molecule has 2 amide bonds. The van der Waals surface area contributed by atoms with Gasteiger partial charge in [0, 0.05) is 11.6 Å². The maximum absolute atomic E-state index is 11.0. The Morgan fingerprint density at radius 3 is 2.60 bits per heavy atom. The number of hydrogen-bond acceptors (Lipinski definition) is 1. The van der Waals surface area contributed by atoms with Crippen molar-refractivity contribution in [1.82, 2.24) is 10.6 Å². The molecule has 1 fully saturated rings. The molecule has 0 unspecified atom stereocenters. The summed E-state index contributed by atoms with van der Waals surface area (Å²) in [7, 11) is 0. The maximum atomic E-state index is 11.0. The third-order valence-corrected chi connectivity index (χ3v) is 3.20. The predicted molar refractivity (Wildman–Crippen MR) is 60.7 cm³/mol. The number of carbonyl (C=O) groups excluding carboxylic acids is 1. The second-order valence-corrected chi connectivity index (χ2v) is 4.42. The minimum atomic E-state index is -0.216. The Hall–Kier alpha value is -0.640. The topological polar surface area (TPSA) is 41.1 Å². The lowest BCUT2D eigenvalue weighted by Crippen LogP contribution is -2.21. The fourth-order valence-electron chi connectivity index (χ4n) is 1.47. The Kier molecular flexibility index (Phi) is 2.96. The van der Waals surface area contributed by atoms with E-state index in [-0.39, 0.29) is 12.1 Å². The zero-order valence-electron chi connectivity index (χ0n) is 7.48. The molecule has 6 heteroatoms. The van der Waals surface area contributed by atoms with Gasteiger partial charge in [0.05, 0.1) is 16.1 Å². The molecule has 1 atom stereocenters. The quantitative estimate of drug-likeness (QED) is 0.753. The SMILES string of the molecule is O=C1NC[C@H](c2cc(Cl)cc(Cl)c2Cl)N1. The van der Waals surface area contributed by atoms with Gasteiger partial charge < -0.3 is 10.6 Å². The second kappa shape index (κ2) is 4.08. The van der Waals surface area contributed by atoms with Crippen molar-refractivity contribution < 1.29 is 4.79 Å². The summed E-state index contributed by atoms with van der Waals surface area (Å²) in [5, 5.41) is 6.67. The number of urea groups is 1. The first-order chi connectivity index (χ1) is 7.08. The van der Waals surface area contributed by atoms with Gasteiger partial charge in [-0.2, -0.15) is 0 Å². The van der Waals surface area contributed by atoms with Crippen molar-refractivity contribution in [2.24, 2.45) is 0 Å². The molecule has 1 aliphatic heterocycles. The highest BCUT2D eigenvalue weighted by Gasteiger charge is 2.24. The molecule has 1 aromatic carbocycles. The molecule has 0 saturated carbocycles. The smallest absolute Gasteiger partial charge is 0.315 e. The van der Waals surface area contributed by atoms with Crippen molar-refractivity contribution >= 4 is 40.8 Å². The van der Waals surface area contributed by atoms with Crippen LogP contribution in [0, 0.1) is 0 Å². The molecule has 1 heterocycles. The van der Waals surface area contributed by atoms with Crippen LogP contribution >= 0.6 is 34.8 Å². The molecule has 1 aliphatic rings. The van der Waals surface area contributed by atoms with Crippen LogP contribution in [-0.4, -0.2) is 12.6 Å². The van der Waals surface area contributed by atoms with Crippen LogP contribution in [0.2, 0.25) is 15.1 Å². The molecule has 15 heavy (non-hydrogen) atoms. The van der Waals surface area contributed by atoms with E-state index in [1.165, 1.54) is 0 Å². The first-order valence-electron chi connectivity index (χ1n) is 4.26. The van der Waals surface area contributed by atoms with Gasteiger partial charge in [-0.05, 0) is 17.7 Å². The van der Waals surface area contributed by atoms with Gasteiger partial charge in [0.25, 0.3) is 0 Å². The largest absolute Gasteiger partial charge is 0.336 e. The van der Waals surface area contributed by atoms with E-state index < -0.39 is 0 Å². The Bertz CT molecular complexity index is 422. The summed E-state index contributed by atoms with van der Waals surface area (Å²) in [5.41, 5.74) is 0.729. The maximum Gasteiger partial charge on any atom is 0.315 e. The van der Waals surface area contributed by atoms with E-state index in [9.17, 15) is 4.79 Å². The van der Waals surface area contributed by atoms with Crippen molar-refractivity contribution in [2.75, 3.05) is 6.54 Å². The van der Waals surface area contributed by atoms with Crippen molar-refractivity contribution in [3.63, 3.8) is 0 Å². The van der Waals surface area contributed by atoms with Gasteiger partial charge >= 0.3 is 6.03 Å². The summed E-state index contributed by atoms with van der Waals surface area (Å²) in [4.78, 5) is 11.0. The summed E-state index contributed by atoms with van der Waals surface area (Å²) in [5.74, 6) is 0. The predicted octanol–water partition coefficient (Wildman–Crippen LogP) is 3.00. The molecular weight excluding hydrogens is 258 g/mol. The van der Waals surface area contributed by atoms with Crippen LogP contribution in [0.15, 0.2) is 12.1 Å². The summed E-state index contributed by atoms with van der Waals surface area (Å²) >= 11 is 17.8. The molecule has 2 N–H and O–H groups in total. The highest BCUT2D eigenvalue weighted by atomic mass is 35.5. The number of amides is 2. The number of hydrogen-bond donors (Lipinski definition) is 2. The fourth-order valence-corrected chi connectivity index (χ4v) is 2.22. The number of benzene rings is 1. The number of carbonyl (C=O) groups is 1. The molecule has 0 aliphatic carbocycles. The van der Waals surface area contributed by atoms with Gasteiger partial charge in [0.1, 0.15) is 0 Å². The lowest BCUT2D eigenvalue weighted by molar-refractivity contribution is 0.247. The average Bonchev–Trinajstić information content (AvgIpc) is 2.58. The van der Waals surface area contributed by atoms with Crippen molar-refractivity contribution in [1.29, 1.82) is 0 Å². The summed E-state index contributed by atoms with van der Waals surface area (Å²) in [6, 6.07) is 2.88. The number of rotatable bonds is 1. The molecule has 1 saturated heterocycles. The van der Waals surface area contributed by atoms with Crippen LogP contribution in [0.25, 0.3) is 0 Å². The Morgan fingerprint density at radius 1 is 1.27 bits per heavy atom. The lowest BCUT2D eigenvalue weighted by Gasteiger charge is -2.12. The van der Waals surface area contributed by atoms with Crippen LogP contribution in [0.5, 0.6) is 0 Å². The van der Waals surface area contributed by atoms with E-state index in [2.05, 4.69) is 10.6 Å². The molecule has 3 nitrogen and oxygen atoms in total. The van der Waals surface area contributed by atoms with Gasteiger partial charge in [-0.1, -0.05) is 34.8 Å². The molecule has 80 valence electrons.